The molecule has 40 heavy (non-hydrogen) atoms. The normalized spacial score (nSPS) is 15.8. The minimum absolute atomic E-state index is 0.0364. The molecule has 204 valence electrons. The largest absolute Gasteiger partial charge is 0.376 e. The summed E-state index contributed by atoms with van der Waals surface area (Å²) < 4.78 is 5.74. The molecule has 0 unspecified atom stereocenters. The number of rotatable bonds is 9. The molecule has 6 rings (SSSR count). The molecule has 2 N–H and O–H groups in total. The number of ether oxygens (including phenoxy) is 1. The first-order chi connectivity index (χ1) is 19.6. The number of hydrogen-bond acceptors (Lipinski definition) is 7. The summed E-state index contributed by atoms with van der Waals surface area (Å²) in [6.45, 7) is 2.84. The summed E-state index contributed by atoms with van der Waals surface area (Å²) in [7, 11) is 0. The zero-order valence-corrected chi connectivity index (χ0v) is 22.8. The summed E-state index contributed by atoms with van der Waals surface area (Å²) in [6, 6.07) is 18.2. The van der Waals surface area contributed by atoms with Gasteiger partial charge in [-0.15, -0.1) is 21.5 Å². The third-order valence-corrected chi connectivity index (χ3v) is 7.84. The van der Waals surface area contributed by atoms with Gasteiger partial charge in [0.25, 0.3) is 5.91 Å². The number of aromatic amines is 1. The van der Waals surface area contributed by atoms with E-state index in [9.17, 15) is 9.59 Å². The summed E-state index contributed by atoms with van der Waals surface area (Å²) in [4.78, 5) is 35.1. The van der Waals surface area contributed by atoms with Crippen molar-refractivity contribution in [2.45, 2.75) is 38.5 Å². The highest BCUT2D eigenvalue weighted by Crippen LogP contribution is 2.33. The molecule has 3 aromatic heterocycles. The van der Waals surface area contributed by atoms with Crippen LogP contribution in [0.5, 0.6) is 0 Å². The minimum Gasteiger partial charge on any atom is -0.376 e. The van der Waals surface area contributed by atoms with Crippen molar-refractivity contribution >= 4 is 39.7 Å². The number of para-hydroxylation sites is 1. The molecule has 2 aromatic carbocycles. The maximum atomic E-state index is 14.1. The van der Waals surface area contributed by atoms with Crippen LogP contribution in [-0.4, -0.2) is 56.3 Å². The van der Waals surface area contributed by atoms with Crippen LogP contribution in [0.4, 0.5) is 5.69 Å². The fourth-order valence-electron chi connectivity index (χ4n) is 5.06. The van der Waals surface area contributed by atoms with E-state index in [0.29, 0.717) is 30.2 Å². The van der Waals surface area contributed by atoms with E-state index in [1.54, 1.807) is 11.1 Å². The van der Waals surface area contributed by atoms with Crippen molar-refractivity contribution in [2.24, 2.45) is 0 Å². The Hall–Kier alpha value is -4.35. The van der Waals surface area contributed by atoms with E-state index in [2.05, 4.69) is 25.7 Å². The van der Waals surface area contributed by atoms with E-state index in [0.717, 1.165) is 34.2 Å². The number of nitrogens with one attached hydrogen (secondary N) is 2. The number of carbonyl (C=O) groups is 2. The zero-order valence-electron chi connectivity index (χ0n) is 22.0. The Morgan fingerprint density at radius 3 is 2.90 bits per heavy atom. The van der Waals surface area contributed by atoms with Gasteiger partial charge in [-0.2, -0.15) is 4.80 Å². The molecule has 0 spiro atoms. The van der Waals surface area contributed by atoms with Crippen LogP contribution in [0.1, 0.15) is 30.0 Å². The quantitative estimate of drug-likeness (QED) is 0.281. The third-order valence-electron chi connectivity index (χ3n) is 6.97. The number of hydrogen-bond donors (Lipinski definition) is 2. The van der Waals surface area contributed by atoms with Gasteiger partial charge in [0.15, 0.2) is 0 Å². The topological polar surface area (TPSA) is 118 Å². The molecular formula is C29H29N7O3S. The number of benzene rings is 2. The lowest BCUT2D eigenvalue weighted by Crippen LogP contribution is -2.46. The number of nitrogens with zero attached hydrogens (tertiary/aromatic N) is 5. The van der Waals surface area contributed by atoms with Gasteiger partial charge in [-0.25, -0.2) is 0 Å². The van der Waals surface area contributed by atoms with Crippen molar-refractivity contribution in [1.82, 2.24) is 30.5 Å². The van der Waals surface area contributed by atoms with Crippen LogP contribution >= 0.6 is 11.3 Å². The molecule has 0 aliphatic carbocycles. The van der Waals surface area contributed by atoms with Gasteiger partial charge in [-0.05, 0) is 60.2 Å². The number of aromatic nitrogens is 5. The van der Waals surface area contributed by atoms with Gasteiger partial charge >= 0.3 is 0 Å². The summed E-state index contributed by atoms with van der Waals surface area (Å²) in [5, 5.41) is 18.5. The number of aryl methyl sites for hydroxylation is 1. The molecule has 0 radical (unpaired) electrons. The Bertz CT molecular complexity index is 1620. The van der Waals surface area contributed by atoms with Gasteiger partial charge in [0, 0.05) is 41.5 Å². The van der Waals surface area contributed by atoms with Gasteiger partial charge in [0.2, 0.25) is 11.7 Å². The van der Waals surface area contributed by atoms with Crippen molar-refractivity contribution in [3.8, 4) is 10.7 Å². The predicted octanol–water partition coefficient (Wildman–Crippen LogP) is 4.26. The second kappa shape index (κ2) is 11.4. The second-order valence-electron chi connectivity index (χ2n) is 9.80. The van der Waals surface area contributed by atoms with Gasteiger partial charge < -0.3 is 15.0 Å². The zero-order chi connectivity index (χ0) is 27.5. The van der Waals surface area contributed by atoms with Gasteiger partial charge in [0.05, 0.1) is 11.0 Å². The number of tetrazole rings is 1. The maximum absolute atomic E-state index is 14.1. The van der Waals surface area contributed by atoms with Crippen LogP contribution in [0.25, 0.3) is 21.6 Å². The van der Waals surface area contributed by atoms with Crippen LogP contribution < -0.4 is 10.2 Å². The van der Waals surface area contributed by atoms with Crippen LogP contribution in [0.2, 0.25) is 0 Å². The molecule has 2 amide bonds. The van der Waals surface area contributed by atoms with Crippen LogP contribution in [-0.2, 0) is 20.9 Å². The van der Waals surface area contributed by atoms with E-state index in [4.69, 9.17) is 4.74 Å². The highest BCUT2D eigenvalue weighted by atomic mass is 32.1. The van der Waals surface area contributed by atoms with E-state index in [1.807, 2.05) is 73.0 Å². The lowest BCUT2D eigenvalue weighted by atomic mass is 10.0. The molecule has 10 nitrogen and oxygen atoms in total. The number of anilines is 1. The van der Waals surface area contributed by atoms with Crippen molar-refractivity contribution in [3.63, 3.8) is 0 Å². The summed E-state index contributed by atoms with van der Waals surface area (Å²) in [5.74, 6) is -0.184. The van der Waals surface area contributed by atoms with Crippen molar-refractivity contribution in [2.75, 3.05) is 18.1 Å². The van der Waals surface area contributed by atoms with E-state index >= 15 is 0 Å². The molecule has 0 saturated carbocycles. The van der Waals surface area contributed by atoms with E-state index < -0.39 is 6.04 Å². The van der Waals surface area contributed by atoms with E-state index in [1.165, 1.54) is 16.1 Å². The third kappa shape index (κ3) is 5.38. The molecule has 1 fully saturated rings. The standard InChI is InChI=1S/C29H29N7O3S/c1-19-7-4-8-20(15-19)36(26(37)18-35-33-28(32-34-35)25-12-6-14-40-25)27(29(38)31-16-21-9-5-13-39-21)23-17-30-24-11-3-2-10-22(23)24/h2-4,6-8,10-12,14-15,17,21,27,30H,5,9,13,16,18H2,1H3,(H,31,38)/t21-,27+/m0/s1. The Morgan fingerprint density at radius 1 is 1.20 bits per heavy atom. The molecule has 5 aromatic rings. The molecule has 1 aliphatic rings. The molecule has 1 saturated heterocycles. The predicted molar refractivity (Wildman–Crippen MR) is 153 cm³/mol. The maximum Gasteiger partial charge on any atom is 0.251 e. The molecule has 11 heteroatoms. The van der Waals surface area contributed by atoms with Gasteiger partial charge in [0.1, 0.15) is 12.6 Å². The lowest BCUT2D eigenvalue weighted by Gasteiger charge is -2.31. The van der Waals surface area contributed by atoms with Crippen molar-refractivity contribution < 1.29 is 14.3 Å². The first-order valence-electron chi connectivity index (χ1n) is 13.2. The molecular weight excluding hydrogens is 526 g/mol. The van der Waals surface area contributed by atoms with E-state index in [-0.39, 0.29) is 24.5 Å². The Morgan fingerprint density at radius 2 is 2.10 bits per heavy atom. The van der Waals surface area contributed by atoms with Gasteiger partial charge in [-0.1, -0.05) is 36.4 Å². The number of fused-ring (bicyclic) bond motifs is 1. The molecule has 4 heterocycles. The second-order valence-corrected chi connectivity index (χ2v) is 10.7. The minimum atomic E-state index is -0.952. The summed E-state index contributed by atoms with van der Waals surface area (Å²) in [6.07, 6.45) is 3.63. The molecule has 2 atom stereocenters. The van der Waals surface area contributed by atoms with Crippen LogP contribution in [0, 0.1) is 6.92 Å². The Labute approximate surface area is 235 Å². The average Bonchev–Trinajstić information content (AvgIpc) is 3.78. The first kappa shape index (κ1) is 25.9. The molecule has 0 bridgehead atoms. The summed E-state index contributed by atoms with van der Waals surface area (Å²) >= 11 is 1.50. The molecule has 1 aliphatic heterocycles. The highest BCUT2D eigenvalue weighted by Gasteiger charge is 2.35. The Kier molecular flexibility index (Phi) is 7.39. The number of carbonyl (C=O) groups excluding carboxylic acids is 2. The fraction of sp³-hybridized carbons (Fsp3) is 0.276. The monoisotopic (exact) mass is 555 g/mol. The number of thiophene rings is 1. The Balaban J connectivity index is 1.39. The fourth-order valence-corrected chi connectivity index (χ4v) is 5.71. The number of H-pyrrole nitrogens is 1. The van der Waals surface area contributed by atoms with Crippen molar-refractivity contribution in [1.29, 1.82) is 0 Å². The van der Waals surface area contributed by atoms with Crippen molar-refractivity contribution in [3.05, 3.63) is 83.4 Å². The summed E-state index contributed by atoms with van der Waals surface area (Å²) in [5.41, 5.74) is 3.14. The number of amides is 2. The van der Waals surface area contributed by atoms with Crippen LogP contribution in [0.3, 0.4) is 0 Å². The smallest absolute Gasteiger partial charge is 0.251 e. The lowest BCUT2D eigenvalue weighted by molar-refractivity contribution is -0.127. The average molecular weight is 556 g/mol. The van der Waals surface area contributed by atoms with Crippen LogP contribution in [0.15, 0.2) is 72.2 Å². The highest BCUT2D eigenvalue weighted by molar-refractivity contribution is 7.13. The first-order valence-corrected chi connectivity index (χ1v) is 14.1. The van der Waals surface area contributed by atoms with Gasteiger partial charge in [-0.3, -0.25) is 14.5 Å². The SMILES string of the molecule is Cc1cccc(N(C(=O)Cn2nnc(-c3cccs3)n2)[C@@H](C(=O)NC[C@@H]2CCCO2)c2c[nH]c3ccccc23)c1.